The van der Waals surface area contributed by atoms with Gasteiger partial charge in [-0.05, 0) is 53.6 Å². The molecule has 0 fully saturated rings. The van der Waals surface area contributed by atoms with E-state index >= 15 is 0 Å². The molecular formula is C21H16FNO5S. The molecule has 0 aliphatic rings. The highest BCUT2D eigenvalue weighted by Gasteiger charge is 2.23. The Balaban J connectivity index is 2.05. The average molecular weight is 413 g/mol. The molecule has 0 saturated heterocycles. The van der Waals surface area contributed by atoms with Crippen LogP contribution in [0.25, 0.3) is 11.1 Å². The lowest BCUT2D eigenvalue weighted by molar-refractivity contribution is 0.0601. The second-order valence-corrected chi connectivity index (χ2v) is 6.79. The molecule has 29 heavy (non-hydrogen) atoms. The Morgan fingerprint density at radius 2 is 1.62 bits per heavy atom. The predicted octanol–water partition coefficient (Wildman–Crippen LogP) is 4.37. The average Bonchev–Trinajstić information content (AvgIpc) is 2.74. The maximum Gasteiger partial charge on any atom is 0.340 e. The van der Waals surface area contributed by atoms with Crippen LogP contribution in [-0.4, -0.2) is 28.1 Å². The first-order chi connectivity index (χ1) is 13.9. The second kappa shape index (κ2) is 8.76. The van der Waals surface area contributed by atoms with E-state index in [1.165, 1.54) is 37.4 Å². The number of carbonyl (C=O) groups excluding carboxylic acids is 2. The second-order valence-electron chi connectivity index (χ2n) is 5.96. The standard InChI is InChI=1S/C21H16FNO5S/c1-28-21(25)19-12-14(13-24)2-11-20(19)23(29(26)27)18-9-5-16(6-10-18)15-3-7-17(22)8-4-15/h2-13H,1H3,(H,26,27). The smallest absolute Gasteiger partial charge is 0.340 e. The first-order valence-electron chi connectivity index (χ1n) is 8.39. The Labute approximate surface area is 169 Å². The zero-order valence-electron chi connectivity index (χ0n) is 15.2. The van der Waals surface area contributed by atoms with E-state index in [2.05, 4.69) is 0 Å². The summed E-state index contributed by atoms with van der Waals surface area (Å²) in [6.07, 6.45) is 0.563. The van der Waals surface area contributed by atoms with Crippen molar-refractivity contribution >= 4 is 34.9 Å². The fourth-order valence-electron chi connectivity index (χ4n) is 2.82. The van der Waals surface area contributed by atoms with Gasteiger partial charge in [0.1, 0.15) is 12.1 Å². The molecule has 0 aliphatic heterocycles. The summed E-state index contributed by atoms with van der Waals surface area (Å²) in [6, 6.07) is 16.7. The van der Waals surface area contributed by atoms with Crippen molar-refractivity contribution in [3.05, 3.63) is 83.7 Å². The SMILES string of the molecule is COC(=O)c1cc(C=O)ccc1N(c1ccc(-c2ccc(F)cc2)cc1)S(=O)O. The molecule has 1 unspecified atom stereocenters. The van der Waals surface area contributed by atoms with Gasteiger partial charge in [0, 0.05) is 5.56 Å². The van der Waals surface area contributed by atoms with Gasteiger partial charge in [-0.15, -0.1) is 0 Å². The lowest BCUT2D eigenvalue weighted by Gasteiger charge is -2.22. The van der Waals surface area contributed by atoms with Crippen LogP contribution in [0.1, 0.15) is 20.7 Å². The molecule has 0 bridgehead atoms. The number of halogens is 1. The lowest BCUT2D eigenvalue weighted by Crippen LogP contribution is -2.22. The van der Waals surface area contributed by atoms with Crippen molar-refractivity contribution in [1.82, 2.24) is 0 Å². The normalized spacial score (nSPS) is 11.6. The summed E-state index contributed by atoms with van der Waals surface area (Å²) >= 11 is -2.51. The number of ether oxygens (including phenoxy) is 1. The van der Waals surface area contributed by atoms with Crippen LogP contribution in [0.4, 0.5) is 15.8 Å². The van der Waals surface area contributed by atoms with Crippen LogP contribution >= 0.6 is 0 Å². The molecule has 6 nitrogen and oxygen atoms in total. The third-order valence-electron chi connectivity index (χ3n) is 4.22. The van der Waals surface area contributed by atoms with Crippen molar-refractivity contribution in [3.63, 3.8) is 0 Å². The summed E-state index contributed by atoms with van der Waals surface area (Å²) in [5, 5.41) is 0. The van der Waals surface area contributed by atoms with E-state index in [0.717, 1.165) is 15.4 Å². The maximum atomic E-state index is 13.1. The zero-order valence-corrected chi connectivity index (χ0v) is 16.1. The number of rotatable bonds is 6. The fourth-order valence-corrected chi connectivity index (χ4v) is 3.45. The Hall–Kier alpha value is -3.36. The summed E-state index contributed by atoms with van der Waals surface area (Å²) in [5.74, 6) is -1.09. The minimum Gasteiger partial charge on any atom is -0.465 e. The van der Waals surface area contributed by atoms with Gasteiger partial charge in [-0.2, -0.15) is 0 Å². The fraction of sp³-hybridized carbons (Fsp3) is 0.0476. The van der Waals surface area contributed by atoms with Crippen LogP contribution in [0.15, 0.2) is 66.7 Å². The monoisotopic (exact) mass is 413 g/mol. The van der Waals surface area contributed by atoms with Crippen molar-refractivity contribution in [2.45, 2.75) is 0 Å². The number of hydrogen-bond donors (Lipinski definition) is 1. The summed E-state index contributed by atoms with van der Waals surface area (Å²) in [4.78, 5) is 23.2. The summed E-state index contributed by atoms with van der Waals surface area (Å²) in [5.41, 5.74) is 2.20. The highest BCUT2D eigenvalue weighted by molar-refractivity contribution is 7.81. The molecule has 0 amide bonds. The first kappa shape index (κ1) is 20.4. The Morgan fingerprint density at radius 3 is 2.14 bits per heavy atom. The Morgan fingerprint density at radius 1 is 1.03 bits per heavy atom. The Kier molecular flexibility index (Phi) is 6.16. The number of aldehydes is 1. The lowest BCUT2D eigenvalue weighted by atomic mass is 10.0. The number of benzene rings is 3. The van der Waals surface area contributed by atoms with E-state index in [1.54, 1.807) is 36.4 Å². The van der Waals surface area contributed by atoms with Gasteiger partial charge in [0.2, 0.25) is 0 Å². The van der Waals surface area contributed by atoms with Crippen molar-refractivity contribution in [2.24, 2.45) is 0 Å². The van der Waals surface area contributed by atoms with Crippen molar-refractivity contribution in [1.29, 1.82) is 0 Å². The van der Waals surface area contributed by atoms with Gasteiger partial charge in [-0.3, -0.25) is 9.35 Å². The van der Waals surface area contributed by atoms with E-state index < -0.39 is 17.2 Å². The molecule has 8 heteroatoms. The first-order valence-corrected chi connectivity index (χ1v) is 9.45. The zero-order chi connectivity index (χ0) is 21.0. The van der Waals surface area contributed by atoms with Gasteiger partial charge < -0.3 is 4.74 Å². The number of hydrogen-bond acceptors (Lipinski definition) is 4. The van der Waals surface area contributed by atoms with E-state index in [4.69, 9.17) is 4.74 Å². The molecule has 0 heterocycles. The van der Waals surface area contributed by atoms with Gasteiger partial charge in [0.15, 0.2) is 0 Å². The molecule has 3 aromatic carbocycles. The molecule has 0 aliphatic carbocycles. The van der Waals surface area contributed by atoms with Gasteiger partial charge in [-0.1, -0.05) is 24.3 Å². The minimum atomic E-state index is -2.51. The largest absolute Gasteiger partial charge is 0.465 e. The molecule has 3 aromatic rings. The van der Waals surface area contributed by atoms with Crippen LogP contribution in [0, 0.1) is 5.82 Å². The maximum absolute atomic E-state index is 13.1. The Bertz CT molecular complexity index is 1070. The number of nitrogens with zero attached hydrogens (tertiary/aromatic N) is 1. The van der Waals surface area contributed by atoms with Crippen LogP contribution in [0.2, 0.25) is 0 Å². The molecule has 1 N–H and O–H groups in total. The van der Waals surface area contributed by atoms with Crippen molar-refractivity contribution < 1.29 is 27.5 Å². The van der Waals surface area contributed by atoms with Crippen molar-refractivity contribution in [2.75, 3.05) is 11.4 Å². The van der Waals surface area contributed by atoms with E-state index in [-0.39, 0.29) is 22.6 Å². The molecule has 0 saturated carbocycles. The van der Waals surface area contributed by atoms with Crippen LogP contribution in [0.3, 0.4) is 0 Å². The number of anilines is 2. The van der Waals surface area contributed by atoms with Crippen LogP contribution in [0.5, 0.6) is 0 Å². The van der Waals surface area contributed by atoms with Gasteiger partial charge in [-0.25, -0.2) is 17.7 Å². The summed E-state index contributed by atoms with van der Waals surface area (Å²) in [7, 11) is 1.18. The quantitative estimate of drug-likeness (QED) is 0.369. The minimum absolute atomic E-state index is 0.0258. The number of methoxy groups -OCH3 is 1. The molecule has 0 aromatic heterocycles. The predicted molar refractivity (Wildman–Crippen MR) is 108 cm³/mol. The van der Waals surface area contributed by atoms with Gasteiger partial charge >= 0.3 is 5.97 Å². The van der Waals surface area contributed by atoms with Gasteiger partial charge in [0.25, 0.3) is 11.3 Å². The van der Waals surface area contributed by atoms with E-state index in [0.29, 0.717) is 12.0 Å². The summed E-state index contributed by atoms with van der Waals surface area (Å²) in [6.45, 7) is 0. The molecule has 1 atom stereocenters. The molecule has 148 valence electrons. The number of esters is 1. The third kappa shape index (κ3) is 4.39. The van der Waals surface area contributed by atoms with Crippen molar-refractivity contribution in [3.8, 4) is 11.1 Å². The van der Waals surface area contributed by atoms with Crippen LogP contribution < -0.4 is 4.31 Å². The van der Waals surface area contributed by atoms with E-state index in [9.17, 15) is 22.7 Å². The summed E-state index contributed by atoms with van der Waals surface area (Å²) < 4.78 is 40.8. The van der Waals surface area contributed by atoms with E-state index in [1.807, 2.05) is 0 Å². The molecule has 3 rings (SSSR count). The highest BCUT2D eigenvalue weighted by Crippen LogP contribution is 2.32. The molecule has 0 spiro atoms. The molecular weight excluding hydrogens is 397 g/mol. The number of carbonyl (C=O) groups is 2. The highest BCUT2D eigenvalue weighted by atomic mass is 32.2. The molecule has 0 radical (unpaired) electrons. The van der Waals surface area contributed by atoms with Gasteiger partial charge in [0.05, 0.1) is 24.0 Å². The topological polar surface area (TPSA) is 83.9 Å². The van der Waals surface area contributed by atoms with Crippen LogP contribution in [-0.2, 0) is 16.0 Å². The third-order valence-corrected chi connectivity index (χ3v) is 4.94.